The zero-order chi connectivity index (χ0) is 12.7. The van der Waals surface area contributed by atoms with Gasteiger partial charge in [-0.05, 0) is 13.3 Å². The first-order valence-electron chi connectivity index (χ1n) is 5.66. The van der Waals surface area contributed by atoms with Crippen molar-refractivity contribution in [2.45, 2.75) is 37.0 Å². The van der Waals surface area contributed by atoms with Gasteiger partial charge in [-0.3, -0.25) is 4.79 Å². The Kier molecular flexibility index (Phi) is 5.76. The minimum Gasteiger partial charge on any atom is -0.381 e. The van der Waals surface area contributed by atoms with Crippen LogP contribution in [-0.4, -0.2) is 27.7 Å². The first-order chi connectivity index (χ1) is 8.15. The van der Waals surface area contributed by atoms with Crippen LogP contribution in [-0.2, 0) is 4.79 Å². The number of carbonyl (C=O) groups is 1. The molecule has 0 saturated heterocycles. The number of nitrogens with one attached hydrogen (secondary N) is 1. The van der Waals surface area contributed by atoms with Gasteiger partial charge in [0, 0.05) is 18.9 Å². The zero-order valence-corrected chi connectivity index (χ0v) is 11.0. The van der Waals surface area contributed by atoms with Gasteiger partial charge < -0.3 is 11.1 Å². The number of anilines is 1. The maximum Gasteiger partial charge on any atom is 0.233 e. The van der Waals surface area contributed by atoms with E-state index in [4.69, 9.17) is 5.73 Å². The third kappa shape index (κ3) is 4.60. The van der Waals surface area contributed by atoms with E-state index in [1.54, 1.807) is 6.20 Å². The van der Waals surface area contributed by atoms with Crippen LogP contribution in [0.15, 0.2) is 17.4 Å². The molecule has 5 nitrogen and oxygen atoms in total. The van der Waals surface area contributed by atoms with Crippen LogP contribution < -0.4 is 11.1 Å². The summed E-state index contributed by atoms with van der Waals surface area (Å²) < 4.78 is 0. The smallest absolute Gasteiger partial charge is 0.233 e. The molecule has 1 atom stereocenters. The first kappa shape index (κ1) is 13.8. The monoisotopic (exact) mass is 254 g/mol. The van der Waals surface area contributed by atoms with Gasteiger partial charge in [-0.25, -0.2) is 9.97 Å². The number of amides is 1. The zero-order valence-electron chi connectivity index (χ0n) is 10.1. The Hall–Kier alpha value is -1.30. The van der Waals surface area contributed by atoms with Crippen LogP contribution in [0.4, 0.5) is 5.82 Å². The highest BCUT2D eigenvalue weighted by Crippen LogP contribution is 2.24. The molecule has 1 heterocycles. The molecule has 0 spiro atoms. The topological polar surface area (TPSA) is 80.9 Å². The van der Waals surface area contributed by atoms with Crippen LogP contribution >= 0.6 is 11.8 Å². The summed E-state index contributed by atoms with van der Waals surface area (Å²) >= 11 is 1.33. The molecule has 0 radical (unpaired) electrons. The van der Waals surface area contributed by atoms with Gasteiger partial charge in [0.2, 0.25) is 5.91 Å². The van der Waals surface area contributed by atoms with Crippen molar-refractivity contribution in [2.75, 3.05) is 12.3 Å². The van der Waals surface area contributed by atoms with Crippen molar-refractivity contribution in [2.24, 2.45) is 0 Å². The van der Waals surface area contributed by atoms with Crippen LogP contribution in [0.3, 0.4) is 0 Å². The van der Waals surface area contributed by atoms with E-state index >= 15 is 0 Å². The predicted octanol–water partition coefficient (Wildman–Crippen LogP) is 1.46. The largest absolute Gasteiger partial charge is 0.381 e. The molecule has 17 heavy (non-hydrogen) atoms. The molecule has 0 saturated carbocycles. The number of nitrogens with two attached hydrogens (primary N) is 1. The van der Waals surface area contributed by atoms with Crippen LogP contribution in [0.1, 0.15) is 26.7 Å². The molecule has 0 aliphatic rings. The fourth-order valence-electron chi connectivity index (χ4n) is 1.18. The van der Waals surface area contributed by atoms with E-state index in [-0.39, 0.29) is 11.2 Å². The molecular formula is C11H18N4OS. The van der Waals surface area contributed by atoms with Crippen molar-refractivity contribution in [3.8, 4) is 0 Å². The minimum atomic E-state index is -0.217. The fraction of sp³-hybridized carbons (Fsp3) is 0.545. The quantitative estimate of drug-likeness (QED) is 0.593. The minimum absolute atomic E-state index is 0.00787. The summed E-state index contributed by atoms with van der Waals surface area (Å²) in [6, 6.07) is 0. The highest BCUT2D eigenvalue weighted by atomic mass is 32.2. The molecule has 1 aromatic rings. The number of thioether (sulfide) groups is 1. The van der Waals surface area contributed by atoms with Crippen molar-refractivity contribution in [3.05, 3.63) is 12.4 Å². The Morgan fingerprint density at radius 1 is 1.53 bits per heavy atom. The number of unbranched alkanes of at least 4 members (excludes halogenated alkanes) is 1. The lowest BCUT2D eigenvalue weighted by atomic mass is 10.3. The molecule has 0 aromatic carbocycles. The Morgan fingerprint density at radius 3 is 2.88 bits per heavy atom. The van der Waals surface area contributed by atoms with Crippen LogP contribution in [0.5, 0.6) is 0 Å². The van der Waals surface area contributed by atoms with Gasteiger partial charge >= 0.3 is 0 Å². The molecule has 1 unspecified atom stereocenters. The van der Waals surface area contributed by atoms with E-state index in [1.807, 2.05) is 6.92 Å². The van der Waals surface area contributed by atoms with Crippen LogP contribution in [0.2, 0.25) is 0 Å². The van der Waals surface area contributed by atoms with Gasteiger partial charge in [-0.1, -0.05) is 25.1 Å². The lowest BCUT2D eigenvalue weighted by Gasteiger charge is -2.11. The maximum atomic E-state index is 11.7. The summed E-state index contributed by atoms with van der Waals surface area (Å²) in [6.07, 6.45) is 5.17. The molecule has 1 aromatic heterocycles. The first-order valence-corrected chi connectivity index (χ1v) is 6.54. The van der Waals surface area contributed by atoms with Crippen molar-refractivity contribution < 1.29 is 4.79 Å². The van der Waals surface area contributed by atoms with Crippen molar-refractivity contribution in [3.63, 3.8) is 0 Å². The molecular weight excluding hydrogens is 236 g/mol. The highest BCUT2D eigenvalue weighted by Gasteiger charge is 2.16. The SMILES string of the molecule is CCCCNC(=O)C(C)Sc1nccnc1N. The fourth-order valence-corrected chi connectivity index (χ4v) is 2.00. The molecule has 0 bridgehead atoms. The number of hydrogen-bond donors (Lipinski definition) is 2. The van der Waals surface area contributed by atoms with Crippen molar-refractivity contribution in [1.29, 1.82) is 0 Å². The second-order valence-electron chi connectivity index (χ2n) is 3.65. The molecule has 0 fully saturated rings. The molecule has 3 N–H and O–H groups in total. The van der Waals surface area contributed by atoms with Gasteiger partial charge in [0.1, 0.15) is 5.03 Å². The standard InChI is InChI=1S/C11H18N4OS/c1-3-4-5-14-10(16)8(2)17-11-9(12)13-6-7-15-11/h6-8H,3-5H2,1-2H3,(H2,12,13)(H,14,16). The Bertz CT molecular complexity index is 372. The maximum absolute atomic E-state index is 11.7. The normalized spacial score (nSPS) is 12.1. The number of nitrogen functional groups attached to an aromatic ring is 1. The summed E-state index contributed by atoms with van der Waals surface area (Å²) in [5.41, 5.74) is 5.66. The van der Waals surface area contributed by atoms with Crippen molar-refractivity contribution >= 4 is 23.5 Å². The van der Waals surface area contributed by atoms with Gasteiger partial charge in [0.25, 0.3) is 0 Å². The Morgan fingerprint density at radius 2 is 2.24 bits per heavy atom. The average molecular weight is 254 g/mol. The number of rotatable bonds is 6. The highest BCUT2D eigenvalue weighted by molar-refractivity contribution is 8.00. The second-order valence-corrected chi connectivity index (χ2v) is 4.98. The van der Waals surface area contributed by atoms with Gasteiger partial charge in [-0.2, -0.15) is 0 Å². The Balaban J connectivity index is 2.46. The molecule has 94 valence electrons. The van der Waals surface area contributed by atoms with Crippen LogP contribution in [0, 0.1) is 0 Å². The molecule has 0 aliphatic carbocycles. The predicted molar refractivity (Wildman–Crippen MR) is 69.7 cm³/mol. The average Bonchev–Trinajstić information content (AvgIpc) is 2.32. The summed E-state index contributed by atoms with van der Waals surface area (Å²) in [6.45, 7) is 4.64. The van der Waals surface area contributed by atoms with E-state index in [9.17, 15) is 4.79 Å². The molecule has 1 amide bonds. The summed E-state index contributed by atoms with van der Waals surface area (Å²) in [7, 11) is 0. The lowest BCUT2D eigenvalue weighted by Crippen LogP contribution is -2.31. The second kappa shape index (κ2) is 7.11. The number of hydrogen-bond acceptors (Lipinski definition) is 5. The van der Waals surface area contributed by atoms with Crippen molar-refractivity contribution in [1.82, 2.24) is 15.3 Å². The lowest BCUT2D eigenvalue weighted by molar-refractivity contribution is -0.120. The number of carbonyl (C=O) groups excluding carboxylic acids is 1. The van der Waals surface area contributed by atoms with Gasteiger partial charge in [-0.15, -0.1) is 0 Å². The van der Waals surface area contributed by atoms with E-state index < -0.39 is 0 Å². The molecule has 6 heteroatoms. The van der Waals surface area contributed by atoms with E-state index in [0.717, 1.165) is 19.4 Å². The molecule has 1 rings (SSSR count). The third-order valence-corrected chi connectivity index (χ3v) is 3.28. The number of aromatic nitrogens is 2. The van der Waals surface area contributed by atoms with E-state index in [1.165, 1.54) is 18.0 Å². The summed E-state index contributed by atoms with van der Waals surface area (Å²) in [5.74, 6) is 0.374. The summed E-state index contributed by atoms with van der Waals surface area (Å²) in [5, 5.41) is 3.26. The van der Waals surface area contributed by atoms with E-state index in [0.29, 0.717) is 10.8 Å². The Labute approximate surface area is 106 Å². The number of nitrogens with zero attached hydrogens (tertiary/aromatic N) is 2. The summed E-state index contributed by atoms with van der Waals surface area (Å²) in [4.78, 5) is 19.7. The van der Waals surface area contributed by atoms with E-state index in [2.05, 4.69) is 22.2 Å². The van der Waals surface area contributed by atoms with Crippen LogP contribution in [0.25, 0.3) is 0 Å². The molecule has 0 aliphatic heterocycles. The van der Waals surface area contributed by atoms with Gasteiger partial charge in [0.05, 0.1) is 5.25 Å². The van der Waals surface area contributed by atoms with Gasteiger partial charge in [0.15, 0.2) is 5.82 Å². The third-order valence-electron chi connectivity index (χ3n) is 2.18.